The molecule has 0 spiro atoms. The lowest BCUT2D eigenvalue weighted by Gasteiger charge is -2.19. The topological polar surface area (TPSA) is 26.3 Å². The fourth-order valence-electron chi connectivity index (χ4n) is 1.61. The van der Waals surface area contributed by atoms with Crippen LogP contribution in [0.1, 0.15) is 39.5 Å². The van der Waals surface area contributed by atoms with Crippen LogP contribution in [0.5, 0.6) is 0 Å². The maximum absolute atomic E-state index is 12.7. The van der Waals surface area contributed by atoms with Crippen LogP contribution < -0.4 is 0 Å². The zero-order valence-electron chi connectivity index (χ0n) is 12.3. The molecular formula is C13H21F5O2S. The first-order valence-corrected chi connectivity index (χ1v) is 7.70. The van der Waals surface area contributed by atoms with Crippen LogP contribution in [0.3, 0.4) is 0 Å². The summed E-state index contributed by atoms with van der Waals surface area (Å²) in [5.74, 6) is -4.43. The summed E-state index contributed by atoms with van der Waals surface area (Å²) in [4.78, 5) is 11.5. The highest BCUT2D eigenvalue weighted by Gasteiger charge is 2.56. The van der Waals surface area contributed by atoms with Gasteiger partial charge in [0.15, 0.2) is 0 Å². The molecule has 21 heavy (non-hydrogen) atoms. The predicted molar refractivity (Wildman–Crippen MR) is 72.6 cm³/mol. The van der Waals surface area contributed by atoms with Gasteiger partial charge in [-0.25, -0.2) is 0 Å². The number of rotatable bonds is 9. The van der Waals surface area contributed by atoms with E-state index in [1.165, 1.54) is 18.9 Å². The summed E-state index contributed by atoms with van der Waals surface area (Å²) in [6, 6.07) is 0. The second-order valence-electron chi connectivity index (χ2n) is 5.17. The van der Waals surface area contributed by atoms with Crippen molar-refractivity contribution in [1.82, 2.24) is 0 Å². The highest BCUT2D eigenvalue weighted by atomic mass is 32.2. The number of carbonyl (C=O) groups excluding carboxylic acids is 1. The molecule has 1 atom stereocenters. The Morgan fingerprint density at radius 3 is 2.14 bits per heavy atom. The van der Waals surface area contributed by atoms with E-state index in [2.05, 4.69) is 4.74 Å². The number of ether oxygens (including phenoxy) is 1. The lowest BCUT2D eigenvalue weighted by Crippen LogP contribution is -2.36. The van der Waals surface area contributed by atoms with Gasteiger partial charge in [-0.2, -0.15) is 22.0 Å². The molecule has 0 N–H and O–H groups in total. The van der Waals surface area contributed by atoms with E-state index in [9.17, 15) is 26.7 Å². The molecule has 0 radical (unpaired) electrons. The smallest absolute Gasteiger partial charge is 0.453 e. The Kier molecular flexibility index (Phi) is 8.58. The van der Waals surface area contributed by atoms with Gasteiger partial charge in [0, 0.05) is 6.42 Å². The second kappa shape index (κ2) is 8.80. The summed E-state index contributed by atoms with van der Waals surface area (Å²) >= 11 is 1.24. The molecule has 2 nitrogen and oxygen atoms in total. The van der Waals surface area contributed by atoms with Gasteiger partial charge in [-0.15, -0.1) is 11.8 Å². The van der Waals surface area contributed by atoms with E-state index < -0.39 is 29.7 Å². The van der Waals surface area contributed by atoms with E-state index in [0.29, 0.717) is 12.2 Å². The molecule has 0 saturated carbocycles. The van der Waals surface area contributed by atoms with E-state index in [1.54, 1.807) is 0 Å². The lowest BCUT2D eigenvalue weighted by molar-refractivity contribution is -0.284. The van der Waals surface area contributed by atoms with E-state index in [0.717, 1.165) is 0 Å². The number of carbonyl (C=O) groups is 1. The number of halogens is 5. The van der Waals surface area contributed by atoms with Crippen molar-refractivity contribution in [3.8, 4) is 0 Å². The molecule has 0 aliphatic rings. The van der Waals surface area contributed by atoms with E-state index in [-0.39, 0.29) is 18.8 Å². The quantitative estimate of drug-likeness (QED) is 0.347. The first kappa shape index (κ1) is 20.5. The number of methoxy groups -OCH3 is 1. The number of hydrogen-bond donors (Lipinski definition) is 0. The second-order valence-corrected chi connectivity index (χ2v) is 6.48. The molecule has 0 amide bonds. The van der Waals surface area contributed by atoms with Crippen molar-refractivity contribution in [2.24, 2.45) is 5.92 Å². The van der Waals surface area contributed by atoms with Crippen molar-refractivity contribution in [3.05, 3.63) is 0 Å². The van der Waals surface area contributed by atoms with Crippen LogP contribution in [0.2, 0.25) is 0 Å². The molecule has 0 heterocycles. The van der Waals surface area contributed by atoms with Crippen LogP contribution in [0.15, 0.2) is 0 Å². The van der Waals surface area contributed by atoms with Crippen molar-refractivity contribution < 1.29 is 31.5 Å². The Hall–Kier alpha value is -0.530. The Bertz CT molecular complexity index is 318. The van der Waals surface area contributed by atoms with E-state index in [1.807, 2.05) is 13.8 Å². The largest absolute Gasteiger partial charge is 0.468 e. The summed E-state index contributed by atoms with van der Waals surface area (Å²) in [7, 11) is 1.26. The summed E-state index contributed by atoms with van der Waals surface area (Å²) in [6.45, 7) is 3.86. The molecule has 0 bridgehead atoms. The lowest BCUT2D eigenvalue weighted by atomic mass is 10.1. The zero-order valence-corrected chi connectivity index (χ0v) is 13.1. The van der Waals surface area contributed by atoms with Crippen LogP contribution in [0, 0.1) is 5.92 Å². The molecular weight excluding hydrogens is 315 g/mol. The fraction of sp³-hybridized carbons (Fsp3) is 0.923. The highest BCUT2D eigenvalue weighted by molar-refractivity contribution is 8.00. The van der Waals surface area contributed by atoms with Gasteiger partial charge >= 0.3 is 18.1 Å². The summed E-state index contributed by atoms with van der Waals surface area (Å²) in [5, 5.41) is -0.405. The zero-order chi connectivity index (χ0) is 16.7. The average Bonchev–Trinajstić information content (AvgIpc) is 2.34. The Labute approximate surface area is 125 Å². The third-order valence-corrected chi connectivity index (χ3v) is 4.08. The SMILES string of the molecule is COC(=O)C(CC(C)C)SCCCCC(F)(F)C(F)(F)F. The summed E-state index contributed by atoms with van der Waals surface area (Å²) < 4.78 is 65.8. The van der Waals surface area contributed by atoms with Gasteiger partial charge in [-0.05, 0) is 30.9 Å². The normalized spacial score (nSPS) is 14.3. The summed E-state index contributed by atoms with van der Waals surface area (Å²) in [6.07, 6.45) is -6.18. The molecule has 126 valence electrons. The first-order valence-electron chi connectivity index (χ1n) is 6.65. The van der Waals surface area contributed by atoms with Crippen molar-refractivity contribution in [1.29, 1.82) is 0 Å². The minimum absolute atomic E-state index is 0.196. The Balaban J connectivity index is 4.09. The van der Waals surface area contributed by atoms with Crippen LogP contribution in [0.25, 0.3) is 0 Å². The maximum atomic E-state index is 12.7. The number of esters is 1. The predicted octanol–water partition coefficient (Wildman–Crippen LogP) is 4.68. The van der Waals surface area contributed by atoms with Crippen LogP contribution in [-0.4, -0.2) is 36.2 Å². The molecule has 0 aromatic heterocycles. The third-order valence-electron chi connectivity index (χ3n) is 2.77. The standard InChI is InChI=1S/C13H21F5O2S/c1-9(2)8-10(11(19)20-3)21-7-5-4-6-12(14,15)13(16,17)18/h9-10H,4-8H2,1-3H3. The van der Waals surface area contributed by atoms with Gasteiger partial charge in [0.2, 0.25) is 0 Å². The Morgan fingerprint density at radius 2 is 1.71 bits per heavy atom. The minimum atomic E-state index is -5.49. The molecule has 0 aliphatic heterocycles. The van der Waals surface area contributed by atoms with Crippen molar-refractivity contribution in [2.75, 3.05) is 12.9 Å². The minimum Gasteiger partial charge on any atom is -0.468 e. The number of unbranched alkanes of at least 4 members (excludes halogenated alkanes) is 1. The number of thioether (sulfide) groups is 1. The first-order chi connectivity index (χ1) is 9.51. The molecule has 8 heteroatoms. The van der Waals surface area contributed by atoms with Gasteiger partial charge in [0.1, 0.15) is 5.25 Å². The van der Waals surface area contributed by atoms with E-state index >= 15 is 0 Å². The Morgan fingerprint density at radius 1 is 1.14 bits per heavy atom. The molecule has 1 unspecified atom stereocenters. The molecule has 0 rings (SSSR count). The van der Waals surface area contributed by atoms with Crippen LogP contribution >= 0.6 is 11.8 Å². The average molecular weight is 336 g/mol. The van der Waals surface area contributed by atoms with Crippen molar-refractivity contribution in [3.63, 3.8) is 0 Å². The molecule has 0 aliphatic carbocycles. The summed E-state index contributed by atoms with van der Waals surface area (Å²) in [5.41, 5.74) is 0. The van der Waals surface area contributed by atoms with Gasteiger partial charge < -0.3 is 4.74 Å². The number of hydrogen-bond acceptors (Lipinski definition) is 3. The van der Waals surface area contributed by atoms with Crippen molar-refractivity contribution >= 4 is 17.7 Å². The third kappa shape index (κ3) is 7.87. The molecule has 0 aromatic rings. The molecule has 0 aromatic carbocycles. The van der Waals surface area contributed by atoms with Crippen LogP contribution in [0.4, 0.5) is 22.0 Å². The maximum Gasteiger partial charge on any atom is 0.453 e. The molecule has 0 saturated heterocycles. The van der Waals surface area contributed by atoms with E-state index in [4.69, 9.17) is 0 Å². The number of alkyl halides is 5. The monoisotopic (exact) mass is 336 g/mol. The molecule has 0 fully saturated rings. The van der Waals surface area contributed by atoms with Gasteiger partial charge in [0.25, 0.3) is 0 Å². The fourth-order valence-corrected chi connectivity index (χ4v) is 3.02. The van der Waals surface area contributed by atoms with Gasteiger partial charge in [0.05, 0.1) is 7.11 Å². The van der Waals surface area contributed by atoms with Crippen molar-refractivity contribution in [2.45, 2.75) is 56.9 Å². The highest BCUT2D eigenvalue weighted by Crippen LogP contribution is 2.39. The van der Waals surface area contributed by atoms with Crippen LogP contribution in [-0.2, 0) is 9.53 Å². The van der Waals surface area contributed by atoms with Gasteiger partial charge in [-0.1, -0.05) is 13.8 Å². The van der Waals surface area contributed by atoms with Gasteiger partial charge in [-0.3, -0.25) is 4.79 Å².